The Morgan fingerprint density at radius 2 is 1.88 bits per heavy atom. The van der Waals surface area contributed by atoms with Crippen molar-refractivity contribution in [2.24, 2.45) is 0 Å². The molecule has 7 N–H and O–H groups in total. The van der Waals surface area contributed by atoms with Gasteiger partial charge < -0.3 is 34.5 Å². The van der Waals surface area contributed by atoms with E-state index >= 15 is 0 Å². The molecule has 16 nitrogen and oxygen atoms in total. The Morgan fingerprint density at radius 1 is 1.28 bits per heavy atom. The summed E-state index contributed by atoms with van der Waals surface area (Å²) in [5, 5.41) is 20.9. The smallest absolute Gasteiger partial charge is 0.386 e. The van der Waals surface area contributed by atoms with Crippen molar-refractivity contribution in [2.75, 3.05) is 6.61 Å². The predicted molar refractivity (Wildman–Crippen MR) is 99.4 cm³/mol. The van der Waals surface area contributed by atoms with Crippen LogP contribution in [0, 0.1) is 22.9 Å². The molecule has 21 heteroatoms. The third-order valence-corrected chi connectivity index (χ3v) is 7.82. The molecular weight excluding hydrogens is 528 g/mol. The van der Waals surface area contributed by atoms with Crippen molar-refractivity contribution in [3.63, 3.8) is 0 Å². The lowest BCUT2D eigenvalue weighted by molar-refractivity contribution is -0.0755. The maximum atomic E-state index is 13.7. The van der Waals surface area contributed by atoms with Crippen molar-refractivity contribution >= 4 is 35.7 Å². The van der Waals surface area contributed by atoms with Gasteiger partial charge in [0.05, 0.1) is 12.8 Å². The van der Waals surface area contributed by atoms with Crippen LogP contribution < -0.4 is 5.56 Å². The number of aliphatic hydroxyl groups excluding tert-OH is 1. The first-order chi connectivity index (χ1) is 14.4. The number of aromatic nitrogens is 2. The van der Waals surface area contributed by atoms with Gasteiger partial charge >= 0.3 is 23.5 Å². The van der Waals surface area contributed by atoms with Gasteiger partial charge in [-0.3, -0.25) is 18.9 Å². The van der Waals surface area contributed by atoms with Gasteiger partial charge in [0.15, 0.2) is 16.6 Å². The Kier molecular flexibility index (Phi) is 7.85. The van der Waals surface area contributed by atoms with Crippen LogP contribution in [0.25, 0.3) is 0 Å². The highest BCUT2D eigenvalue weighted by atomic mass is 32.1. The minimum atomic E-state index is -5.80. The molecule has 0 bridgehead atoms. The topological polar surface area (TPSA) is 247 Å². The van der Waals surface area contributed by atoms with Crippen LogP contribution in [0.5, 0.6) is 0 Å². The Balaban J connectivity index is 2.23. The largest absolute Gasteiger partial charge is 0.490 e. The second-order valence-electron chi connectivity index (χ2n) is 5.97. The summed E-state index contributed by atoms with van der Waals surface area (Å²) in [6, 6.07) is 0. The van der Waals surface area contributed by atoms with Gasteiger partial charge in [0.25, 0.3) is 5.56 Å². The molecule has 180 valence electrons. The molecule has 1 saturated heterocycles. The number of nitrogens with zero attached hydrogens (tertiary/aromatic N) is 1. The standard InChI is InChI=1S/C11H14FN2O14P3S/c1-2-11(17)7(15)6(26-9(11)14-3-5(12)8(16)13-10(14)32)4-25-30(21,22)28-31(23,24)27-29(18,19)20/h1,3,6-7,9,15,17H,4H2,(H,21,22)(H,23,24)(H,13,16,32)(H2,18,19,20)/t6-,7?,9-,11-/m1/s1. The van der Waals surface area contributed by atoms with Crippen LogP contribution in [0.15, 0.2) is 11.0 Å². The molecule has 1 fully saturated rings. The third kappa shape index (κ3) is 6.26. The molecule has 32 heavy (non-hydrogen) atoms. The highest BCUT2D eigenvalue weighted by Gasteiger charge is 2.56. The van der Waals surface area contributed by atoms with E-state index in [-0.39, 0.29) is 0 Å². The third-order valence-electron chi connectivity index (χ3n) is 3.71. The molecule has 2 heterocycles. The Bertz CT molecular complexity index is 1190. The highest BCUT2D eigenvalue weighted by Crippen LogP contribution is 2.66. The summed E-state index contributed by atoms with van der Waals surface area (Å²) in [5.74, 6) is 0.413. The molecule has 1 aliphatic rings. The van der Waals surface area contributed by atoms with Gasteiger partial charge in [-0.15, -0.1) is 6.42 Å². The molecule has 0 amide bonds. The molecule has 2 rings (SSSR count). The van der Waals surface area contributed by atoms with Crippen LogP contribution in [-0.2, 0) is 31.6 Å². The molecule has 0 aliphatic carbocycles. The van der Waals surface area contributed by atoms with E-state index in [0.29, 0.717) is 10.8 Å². The zero-order chi connectivity index (χ0) is 24.7. The molecule has 0 aromatic carbocycles. The number of H-pyrrole nitrogens is 1. The summed E-state index contributed by atoms with van der Waals surface area (Å²) in [6.45, 7) is -1.18. The number of nitrogens with one attached hydrogen (secondary N) is 1. The fraction of sp³-hybridized carbons (Fsp3) is 0.455. The second-order valence-corrected chi connectivity index (χ2v) is 10.8. The van der Waals surface area contributed by atoms with Gasteiger partial charge in [-0.25, -0.2) is 13.7 Å². The first kappa shape index (κ1) is 27.1. The lowest BCUT2D eigenvalue weighted by atomic mass is 9.95. The van der Waals surface area contributed by atoms with E-state index in [1.807, 2.05) is 4.98 Å². The Labute approximate surface area is 181 Å². The minimum Gasteiger partial charge on any atom is -0.386 e. The van der Waals surface area contributed by atoms with E-state index in [0.717, 1.165) is 0 Å². The lowest BCUT2D eigenvalue weighted by Crippen LogP contribution is -2.46. The summed E-state index contributed by atoms with van der Waals surface area (Å²) >= 11 is 4.82. The molecule has 0 radical (unpaired) electrons. The highest BCUT2D eigenvalue weighted by molar-refractivity contribution is 7.71. The first-order valence-electron chi connectivity index (χ1n) is 7.74. The first-order valence-corrected chi connectivity index (χ1v) is 12.7. The molecule has 3 unspecified atom stereocenters. The quantitative estimate of drug-likeness (QED) is 0.118. The normalized spacial score (nSPS) is 29.8. The average Bonchev–Trinajstić information content (AvgIpc) is 2.85. The molecule has 1 aliphatic heterocycles. The summed E-state index contributed by atoms with van der Waals surface area (Å²) in [4.78, 5) is 48.7. The summed E-state index contributed by atoms with van der Waals surface area (Å²) < 4.78 is 64.1. The molecule has 1 aromatic heterocycles. The number of rotatable bonds is 8. The van der Waals surface area contributed by atoms with Gasteiger partial charge in [0.1, 0.15) is 12.2 Å². The summed E-state index contributed by atoms with van der Waals surface area (Å²) in [6.07, 6.45) is -0.00896. The average molecular weight is 542 g/mol. The molecule has 0 spiro atoms. The maximum Gasteiger partial charge on any atom is 0.490 e. The van der Waals surface area contributed by atoms with Crippen molar-refractivity contribution in [3.05, 3.63) is 27.1 Å². The van der Waals surface area contributed by atoms with Gasteiger partial charge in [-0.1, -0.05) is 5.92 Å². The number of hydrogen-bond acceptors (Lipinski definition) is 11. The lowest BCUT2D eigenvalue weighted by Gasteiger charge is -2.26. The van der Waals surface area contributed by atoms with E-state index in [9.17, 15) is 38.0 Å². The number of aromatic amines is 1. The van der Waals surface area contributed by atoms with Crippen molar-refractivity contribution in [1.82, 2.24) is 9.55 Å². The van der Waals surface area contributed by atoms with Crippen LogP contribution in [-0.4, -0.2) is 63.8 Å². The van der Waals surface area contributed by atoms with E-state index in [1.54, 1.807) is 5.92 Å². The van der Waals surface area contributed by atoms with Crippen molar-refractivity contribution in [2.45, 2.75) is 24.0 Å². The fourth-order valence-electron chi connectivity index (χ4n) is 2.44. The van der Waals surface area contributed by atoms with Gasteiger partial charge in [-0.2, -0.15) is 13.0 Å². The van der Waals surface area contributed by atoms with E-state index in [1.165, 1.54) is 0 Å². The Morgan fingerprint density at radius 3 is 2.41 bits per heavy atom. The SMILES string of the molecule is C#C[C@@]1(O)C(O)[C@@H](COP(=O)(O)OP(=O)(O)OP(=O)(O)O)O[C@H]1n1cc(F)c(=O)[nH]c1=S. The molecule has 6 atom stereocenters. The van der Waals surface area contributed by atoms with Gasteiger partial charge in [0, 0.05) is 0 Å². The van der Waals surface area contributed by atoms with E-state index < -0.39 is 70.3 Å². The van der Waals surface area contributed by atoms with Gasteiger partial charge in [-0.05, 0) is 12.2 Å². The van der Waals surface area contributed by atoms with Crippen LogP contribution in [0.3, 0.4) is 0 Å². The number of halogens is 1. The summed E-state index contributed by atoms with van der Waals surface area (Å²) in [5.41, 5.74) is -3.86. The second kappa shape index (κ2) is 9.26. The van der Waals surface area contributed by atoms with Crippen LogP contribution in [0.4, 0.5) is 4.39 Å². The van der Waals surface area contributed by atoms with Crippen LogP contribution in [0.1, 0.15) is 6.23 Å². The van der Waals surface area contributed by atoms with Crippen LogP contribution in [0.2, 0.25) is 0 Å². The number of aliphatic hydroxyl groups is 2. The van der Waals surface area contributed by atoms with Gasteiger partial charge in [0.2, 0.25) is 5.82 Å². The number of ether oxygens (including phenoxy) is 1. The number of terminal acetylenes is 1. The Hall–Kier alpha value is -1.12. The van der Waals surface area contributed by atoms with Crippen molar-refractivity contribution in [3.8, 4) is 12.3 Å². The molecular formula is C11H14FN2O14P3S. The molecule has 1 aromatic rings. The number of phosphoric ester groups is 1. The van der Waals surface area contributed by atoms with Crippen molar-refractivity contribution < 1.29 is 65.8 Å². The predicted octanol–water partition coefficient (Wildman–Crippen LogP) is -0.989. The van der Waals surface area contributed by atoms with Crippen molar-refractivity contribution in [1.29, 1.82) is 0 Å². The zero-order valence-electron chi connectivity index (χ0n) is 15.1. The molecule has 0 saturated carbocycles. The summed E-state index contributed by atoms with van der Waals surface area (Å²) in [7, 11) is -17.0. The van der Waals surface area contributed by atoms with E-state index in [2.05, 4.69) is 13.1 Å². The monoisotopic (exact) mass is 542 g/mol. The van der Waals surface area contributed by atoms with E-state index in [4.69, 9.17) is 38.1 Å². The fourth-order valence-corrected chi connectivity index (χ4v) is 5.71. The maximum absolute atomic E-state index is 13.7. The number of hydrogen-bond donors (Lipinski definition) is 7. The minimum absolute atomic E-state index is 0.490. The van der Waals surface area contributed by atoms with Crippen LogP contribution >= 0.6 is 35.7 Å². The zero-order valence-corrected chi connectivity index (χ0v) is 18.6. The number of phosphoric acid groups is 3.